The fourth-order valence-corrected chi connectivity index (χ4v) is 2.90. The molecule has 0 aliphatic carbocycles. The Labute approximate surface area is 186 Å². The lowest BCUT2D eigenvalue weighted by Crippen LogP contribution is -2.15. The Morgan fingerprint density at radius 1 is 1.16 bits per heavy atom. The Kier molecular flexibility index (Phi) is 8.92. The molecule has 0 radical (unpaired) electrons. The summed E-state index contributed by atoms with van der Waals surface area (Å²) in [6.45, 7) is 5.55. The average molecular weight is 443 g/mol. The van der Waals surface area contributed by atoms with Crippen LogP contribution in [0.5, 0.6) is 11.5 Å². The number of amides is 1. The number of anilines is 1. The van der Waals surface area contributed by atoms with Crippen LogP contribution in [0.4, 0.5) is 5.69 Å². The molecule has 1 amide bonds. The second-order valence-electron chi connectivity index (χ2n) is 6.30. The average Bonchev–Trinajstić information content (AvgIpc) is 2.73. The first kappa shape index (κ1) is 23.8. The molecular formula is C23H23ClN2O5. The minimum absolute atomic E-state index is 0.109. The van der Waals surface area contributed by atoms with E-state index in [1.54, 1.807) is 32.0 Å². The number of esters is 1. The highest BCUT2D eigenvalue weighted by atomic mass is 35.5. The number of para-hydroxylation sites is 1. The zero-order valence-corrected chi connectivity index (χ0v) is 18.3. The molecule has 162 valence electrons. The van der Waals surface area contributed by atoms with Crippen molar-refractivity contribution < 1.29 is 23.8 Å². The molecule has 2 aromatic rings. The van der Waals surface area contributed by atoms with Crippen molar-refractivity contribution in [3.05, 3.63) is 58.1 Å². The molecule has 0 saturated carbocycles. The maximum Gasteiger partial charge on any atom is 0.344 e. The van der Waals surface area contributed by atoms with Gasteiger partial charge in [0.1, 0.15) is 11.6 Å². The highest BCUT2D eigenvalue weighted by molar-refractivity contribution is 6.32. The van der Waals surface area contributed by atoms with Gasteiger partial charge in [0.15, 0.2) is 18.1 Å². The van der Waals surface area contributed by atoms with Gasteiger partial charge in [-0.1, -0.05) is 29.8 Å². The van der Waals surface area contributed by atoms with Crippen molar-refractivity contribution in [3.63, 3.8) is 0 Å². The summed E-state index contributed by atoms with van der Waals surface area (Å²) in [4.78, 5) is 24.1. The van der Waals surface area contributed by atoms with Gasteiger partial charge < -0.3 is 19.5 Å². The molecule has 2 aromatic carbocycles. The molecule has 0 unspecified atom stereocenters. The Morgan fingerprint density at radius 2 is 1.90 bits per heavy atom. The summed E-state index contributed by atoms with van der Waals surface area (Å²) >= 11 is 6.32. The molecule has 0 fully saturated rings. The first-order valence-corrected chi connectivity index (χ1v) is 10.0. The first-order valence-electron chi connectivity index (χ1n) is 9.63. The minimum atomic E-state index is -0.548. The predicted octanol–water partition coefficient (Wildman–Crippen LogP) is 4.53. The number of ether oxygens (including phenoxy) is 3. The van der Waals surface area contributed by atoms with E-state index in [1.807, 2.05) is 25.1 Å². The van der Waals surface area contributed by atoms with Gasteiger partial charge >= 0.3 is 5.97 Å². The lowest BCUT2D eigenvalue weighted by molar-refractivity contribution is -0.145. The van der Waals surface area contributed by atoms with Crippen molar-refractivity contribution >= 4 is 35.2 Å². The number of carbonyl (C=O) groups excluding carboxylic acids is 2. The monoisotopic (exact) mass is 442 g/mol. The minimum Gasteiger partial charge on any atom is -0.490 e. The maximum absolute atomic E-state index is 12.6. The smallest absolute Gasteiger partial charge is 0.344 e. The molecule has 2 rings (SSSR count). The van der Waals surface area contributed by atoms with E-state index in [9.17, 15) is 14.9 Å². The normalized spacial score (nSPS) is 10.7. The molecule has 0 atom stereocenters. The fraction of sp³-hybridized carbons (Fsp3) is 0.261. The van der Waals surface area contributed by atoms with Gasteiger partial charge in [-0.3, -0.25) is 4.79 Å². The molecule has 0 aromatic heterocycles. The number of nitrogens with one attached hydrogen (secondary N) is 1. The molecule has 8 heteroatoms. The van der Waals surface area contributed by atoms with Crippen LogP contribution in [0.1, 0.15) is 25.0 Å². The van der Waals surface area contributed by atoms with Gasteiger partial charge in [-0.15, -0.1) is 0 Å². The highest BCUT2D eigenvalue weighted by Gasteiger charge is 2.16. The summed E-state index contributed by atoms with van der Waals surface area (Å²) in [6.07, 6.45) is 1.40. The number of nitriles is 1. The number of hydrogen-bond acceptors (Lipinski definition) is 6. The first-order chi connectivity index (χ1) is 14.9. The van der Waals surface area contributed by atoms with Crippen LogP contribution in [0.25, 0.3) is 6.08 Å². The Balaban J connectivity index is 2.30. The van der Waals surface area contributed by atoms with Gasteiger partial charge in [-0.25, -0.2) is 4.79 Å². The van der Waals surface area contributed by atoms with Crippen LogP contribution in [0.3, 0.4) is 0 Å². The van der Waals surface area contributed by atoms with Gasteiger partial charge in [0, 0.05) is 5.69 Å². The molecular weight excluding hydrogens is 420 g/mol. The van der Waals surface area contributed by atoms with Crippen LogP contribution < -0.4 is 14.8 Å². The molecule has 0 heterocycles. The van der Waals surface area contributed by atoms with Crippen LogP contribution in [-0.4, -0.2) is 31.7 Å². The summed E-state index contributed by atoms with van der Waals surface area (Å²) in [6, 6.07) is 12.3. The van der Waals surface area contributed by atoms with E-state index >= 15 is 0 Å². The van der Waals surface area contributed by atoms with Gasteiger partial charge in [-0.05, 0) is 56.2 Å². The third-order valence-electron chi connectivity index (χ3n) is 4.04. The number of halogens is 1. The molecule has 0 spiro atoms. The predicted molar refractivity (Wildman–Crippen MR) is 118 cm³/mol. The van der Waals surface area contributed by atoms with Crippen molar-refractivity contribution in [1.82, 2.24) is 0 Å². The van der Waals surface area contributed by atoms with Crippen molar-refractivity contribution in [3.8, 4) is 17.6 Å². The van der Waals surface area contributed by atoms with E-state index in [4.69, 9.17) is 25.8 Å². The van der Waals surface area contributed by atoms with Gasteiger partial charge in [0.05, 0.1) is 18.2 Å². The Hall–Kier alpha value is -3.50. The summed E-state index contributed by atoms with van der Waals surface area (Å²) in [5.74, 6) is -0.628. The lowest BCUT2D eigenvalue weighted by atomic mass is 10.1. The summed E-state index contributed by atoms with van der Waals surface area (Å²) in [5.41, 5.74) is 1.85. The summed E-state index contributed by atoms with van der Waals surface area (Å²) in [5, 5.41) is 12.4. The van der Waals surface area contributed by atoms with E-state index < -0.39 is 11.9 Å². The molecule has 31 heavy (non-hydrogen) atoms. The van der Waals surface area contributed by atoms with Gasteiger partial charge in [-0.2, -0.15) is 5.26 Å². The SMILES string of the molecule is CCOC(=O)COc1c(Cl)cc(/C=C(\C#N)C(=O)Nc2ccccc2C)cc1OCC. The van der Waals surface area contributed by atoms with Crippen molar-refractivity contribution in [2.45, 2.75) is 20.8 Å². The topological polar surface area (TPSA) is 97.7 Å². The highest BCUT2D eigenvalue weighted by Crippen LogP contribution is 2.37. The van der Waals surface area contributed by atoms with E-state index in [0.29, 0.717) is 17.9 Å². The van der Waals surface area contributed by atoms with Crippen LogP contribution in [0, 0.1) is 18.3 Å². The third-order valence-corrected chi connectivity index (χ3v) is 4.32. The molecule has 0 saturated heterocycles. The van der Waals surface area contributed by atoms with Crippen LogP contribution in [0.15, 0.2) is 42.0 Å². The Morgan fingerprint density at radius 3 is 2.55 bits per heavy atom. The molecule has 1 N–H and O–H groups in total. The van der Waals surface area contributed by atoms with Crippen molar-refractivity contribution in [2.24, 2.45) is 0 Å². The number of aryl methyl sites for hydroxylation is 1. The molecule has 0 bridgehead atoms. The second-order valence-corrected chi connectivity index (χ2v) is 6.70. The molecule has 7 nitrogen and oxygen atoms in total. The zero-order valence-electron chi connectivity index (χ0n) is 17.5. The van der Waals surface area contributed by atoms with E-state index in [0.717, 1.165) is 5.56 Å². The van der Waals surface area contributed by atoms with E-state index in [-0.39, 0.29) is 35.3 Å². The fourth-order valence-electron chi connectivity index (χ4n) is 2.63. The number of hydrogen-bond donors (Lipinski definition) is 1. The van der Waals surface area contributed by atoms with E-state index in [2.05, 4.69) is 5.32 Å². The quantitative estimate of drug-likeness (QED) is 0.348. The largest absolute Gasteiger partial charge is 0.490 e. The Bertz CT molecular complexity index is 1030. The summed E-state index contributed by atoms with van der Waals surface area (Å²) < 4.78 is 15.9. The lowest BCUT2D eigenvalue weighted by Gasteiger charge is -2.14. The van der Waals surface area contributed by atoms with Gasteiger partial charge in [0.2, 0.25) is 0 Å². The van der Waals surface area contributed by atoms with Crippen LogP contribution >= 0.6 is 11.6 Å². The zero-order chi connectivity index (χ0) is 22.8. The number of carbonyl (C=O) groups is 2. The van der Waals surface area contributed by atoms with E-state index in [1.165, 1.54) is 12.1 Å². The standard InChI is InChI=1S/C23H23ClN2O5/c1-4-29-20-12-16(11-18(24)22(20)31-14-21(27)30-5-2)10-17(13-25)23(28)26-19-9-7-6-8-15(19)3/h6-12H,4-5,14H2,1-3H3,(H,26,28)/b17-10+. The van der Waals surface area contributed by atoms with Crippen molar-refractivity contribution in [2.75, 3.05) is 25.1 Å². The maximum atomic E-state index is 12.6. The number of rotatable bonds is 9. The van der Waals surface area contributed by atoms with Crippen LogP contribution in [-0.2, 0) is 14.3 Å². The molecule has 0 aliphatic rings. The van der Waals surface area contributed by atoms with Crippen molar-refractivity contribution in [1.29, 1.82) is 5.26 Å². The summed E-state index contributed by atoms with van der Waals surface area (Å²) in [7, 11) is 0. The second kappa shape index (κ2) is 11.6. The third kappa shape index (κ3) is 6.76. The van der Waals surface area contributed by atoms with Crippen LogP contribution in [0.2, 0.25) is 5.02 Å². The number of nitrogens with zero attached hydrogens (tertiary/aromatic N) is 1. The molecule has 0 aliphatic heterocycles. The van der Waals surface area contributed by atoms with Gasteiger partial charge in [0.25, 0.3) is 5.91 Å². The number of benzene rings is 2.